The Kier molecular flexibility index (Phi) is 4.53. The Labute approximate surface area is 118 Å². The summed E-state index contributed by atoms with van der Waals surface area (Å²) in [6.45, 7) is 0.548. The summed E-state index contributed by atoms with van der Waals surface area (Å²) in [6, 6.07) is 0. The number of fused-ring (bicyclic) bond motifs is 1. The Balaban J connectivity index is 2.41. The molecular formula is C11H17N5O5. The number of nitrogens with zero attached hydrogens (tertiary/aromatic N) is 2. The molecule has 10 heteroatoms. The lowest BCUT2D eigenvalue weighted by Gasteiger charge is -2.23. The molecule has 0 unspecified atom stereocenters. The van der Waals surface area contributed by atoms with Crippen LogP contribution in [0.25, 0.3) is 11.0 Å². The molecule has 0 spiro atoms. The molecule has 0 aliphatic heterocycles. The first-order chi connectivity index (χ1) is 9.97. The maximum absolute atomic E-state index is 11.7. The van der Waals surface area contributed by atoms with Crippen LogP contribution in [0.3, 0.4) is 0 Å². The molecule has 0 amide bonds. The quantitative estimate of drug-likeness (QED) is 0.356. The number of aliphatic hydroxyl groups excluding tert-OH is 3. The fourth-order valence-corrected chi connectivity index (χ4v) is 1.89. The Morgan fingerprint density at radius 3 is 2.62 bits per heavy atom. The van der Waals surface area contributed by atoms with Gasteiger partial charge in [-0.2, -0.15) is 5.10 Å². The minimum atomic E-state index is -0.949. The zero-order valence-corrected chi connectivity index (χ0v) is 11.3. The molecule has 2 rings (SSSR count). The number of hydrogen-bond donors (Lipinski definition) is 6. The van der Waals surface area contributed by atoms with E-state index in [2.05, 4.69) is 20.2 Å². The molecule has 0 fully saturated rings. The van der Waals surface area contributed by atoms with E-state index in [1.807, 2.05) is 0 Å². The van der Waals surface area contributed by atoms with Gasteiger partial charge in [-0.3, -0.25) is 14.9 Å². The summed E-state index contributed by atoms with van der Waals surface area (Å²) < 4.78 is 5.43. The molecule has 0 saturated carbocycles. The van der Waals surface area contributed by atoms with E-state index >= 15 is 0 Å². The van der Waals surface area contributed by atoms with Gasteiger partial charge in [0.1, 0.15) is 17.7 Å². The second kappa shape index (κ2) is 6.18. The van der Waals surface area contributed by atoms with Gasteiger partial charge in [0.15, 0.2) is 5.52 Å². The van der Waals surface area contributed by atoms with Gasteiger partial charge in [-0.15, -0.1) is 0 Å². The van der Waals surface area contributed by atoms with Crippen molar-refractivity contribution in [3.63, 3.8) is 0 Å². The highest BCUT2D eigenvalue weighted by atomic mass is 16.5. The number of hydrogen-bond acceptors (Lipinski definition) is 8. The standard InChI is InChI=1S/C11H17N5O5/c1-4(19)5(2-17)21-6(3-18)7-8-9(16-15-7)10(20)14-11(12)13-8/h4-6,17-19H,2-3H2,1H3,(H,15,16)(H3,12,13,14,20)/t4-,5+,6+/m0/s1. The average molecular weight is 299 g/mol. The van der Waals surface area contributed by atoms with Crippen LogP contribution in [0.2, 0.25) is 0 Å². The SMILES string of the molecule is C[C@H](O)[C@@H](CO)O[C@H](CO)c1[nH]nc2c(=O)[nH]c(N)nc12. The van der Waals surface area contributed by atoms with Crippen molar-refractivity contribution >= 4 is 17.0 Å². The van der Waals surface area contributed by atoms with Gasteiger partial charge in [-0.1, -0.05) is 0 Å². The van der Waals surface area contributed by atoms with Crippen LogP contribution in [0.4, 0.5) is 5.95 Å². The molecule has 0 aliphatic carbocycles. The molecule has 7 N–H and O–H groups in total. The average Bonchev–Trinajstić information content (AvgIpc) is 2.83. The zero-order valence-electron chi connectivity index (χ0n) is 11.3. The van der Waals surface area contributed by atoms with Crippen LogP contribution in [-0.2, 0) is 4.74 Å². The van der Waals surface area contributed by atoms with Crippen molar-refractivity contribution in [3.05, 3.63) is 16.0 Å². The summed E-state index contributed by atoms with van der Waals surface area (Å²) in [7, 11) is 0. The Bertz CT molecular complexity index is 667. The van der Waals surface area contributed by atoms with E-state index in [1.54, 1.807) is 0 Å². The third-order valence-corrected chi connectivity index (χ3v) is 3.00. The molecule has 2 aromatic heterocycles. The number of nitrogens with one attached hydrogen (secondary N) is 2. The molecular weight excluding hydrogens is 282 g/mol. The largest absolute Gasteiger partial charge is 0.394 e. The molecule has 2 heterocycles. The Morgan fingerprint density at radius 2 is 2.05 bits per heavy atom. The number of aromatic amines is 2. The highest BCUT2D eigenvalue weighted by Gasteiger charge is 2.25. The van der Waals surface area contributed by atoms with Crippen molar-refractivity contribution in [3.8, 4) is 0 Å². The van der Waals surface area contributed by atoms with E-state index in [1.165, 1.54) is 6.92 Å². The number of ether oxygens (including phenoxy) is 1. The van der Waals surface area contributed by atoms with Gasteiger partial charge < -0.3 is 25.8 Å². The molecule has 21 heavy (non-hydrogen) atoms. The van der Waals surface area contributed by atoms with Crippen molar-refractivity contribution in [1.29, 1.82) is 0 Å². The van der Waals surface area contributed by atoms with Crippen LogP contribution in [-0.4, -0.2) is 60.9 Å². The molecule has 2 aromatic rings. The summed E-state index contributed by atoms with van der Waals surface area (Å²) in [5.41, 5.74) is 5.39. The maximum Gasteiger partial charge on any atom is 0.280 e. The van der Waals surface area contributed by atoms with Gasteiger partial charge in [0.2, 0.25) is 5.95 Å². The number of nitrogen functional groups attached to an aromatic ring is 1. The van der Waals surface area contributed by atoms with E-state index in [4.69, 9.17) is 15.6 Å². The topological polar surface area (TPSA) is 170 Å². The summed E-state index contributed by atoms with van der Waals surface area (Å²) in [5, 5.41) is 34.4. The van der Waals surface area contributed by atoms with Crippen molar-refractivity contribution < 1.29 is 20.1 Å². The minimum Gasteiger partial charge on any atom is -0.394 e. The number of H-pyrrole nitrogens is 2. The van der Waals surface area contributed by atoms with E-state index in [0.29, 0.717) is 0 Å². The third-order valence-electron chi connectivity index (χ3n) is 3.00. The second-order valence-corrected chi connectivity index (χ2v) is 4.55. The van der Waals surface area contributed by atoms with Crippen LogP contribution in [0, 0.1) is 0 Å². The lowest BCUT2D eigenvalue weighted by atomic mass is 10.2. The molecule has 116 valence electrons. The molecule has 0 bridgehead atoms. The summed E-state index contributed by atoms with van der Waals surface area (Å²) in [6.07, 6.45) is -2.80. The fraction of sp³-hybridized carbons (Fsp3) is 0.545. The van der Waals surface area contributed by atoms with Crippen LogP contribution in [0.5, 0.6) is 0 Å². The lowest BCUT2D eigenvalue weighted by Crippen LogP contribution is -2.32. The van der Waals surface area contributed by atoms with E-state index in [9.17, 15) is 15.0 Å². The van der Waals surface area contributed by atoms with Crippen molar-refractivity contribution in [2.45, 2.75) is 25.2 Å². The van der Waals surface area contributed by atoms with Gasteiger partial charge in [-0.25, -0.2) is 4.98 Å². The first kappa shape index (κ1) is 15.4. The van der Waals surface area contributed by atoms with Gasteiger partial charge in [0.25, 0.3) is 5.56 Å². The van der Waals surface area contributed by atoms with Crippen molar-refractivity contribution in [2.75, 3.05) is 18.9 Å². The lowest BCUT2D eigenvalue weighted by molar-refractivity contribution is -0.108. The number of nitrogens with two attached hydrogens (primary N) is 1. The molecule has 0 aliphatic rings. The normalized spacial score (nSPS) is 16.0. The van der Waals surface area contributed by atoms with E-state index in [0.717, 1.165) is 0 Å². The van der Waals surface area contributed by atoms with Crippen molar-refractivity contribution in [2.24, 2.45) is 0 Å². The zero-order chi connectivity index (χ0) is 15.6. The summed E-state index contributed by atoms with van der Waals surface area (Å²) in [5.74, 6) is -0.0962. The number of anilines is 1. The van der Waals surface area contributed by atoms with Gasteiger partial charge in [0.05, 0.1) is 25.0 Å². The fourth-order valence-electron chi connectivity index (χ4n) is 1.89. The highest BCUT2D eigenvalue weighted by molar-refractivity contribution is 5.77. The molecule has 0 aromatic carbocycles. The first-order valence-electron chi connectivity index (χ1n) is 6.27. The van der Waals surface area contributed by atoms with E-state index < -0.39 is 37.1 Å². The van der Waals surface area contributed by atoms with Gasteiger partial charge in [-0.05, 0) is 6.92 Å². The molecule has 0 radical (unpaired) electrons. The van der Waals surface area contributed by atoms with Crippen LogP contribution < -0.4 is 11.3 Å². The maximum atomic E-state index is 11.7. The highest BCUT2D eigenvalue weighted by Crippen LogP contribution is 2.23. The van der Waals surface area contributed by atoms with Crippen LogP contribution in [0.15, 0.2) is 4.79 Å². The number of rotatable bonds is 6. The molecule has 3 atom stereocenters. The van der Waals surface area contributed by atoms with Crippen molar-refractivity contribution in [1.82, 2.24) is 20.2 Å². The first-order valence-corrected chi connectivity index (χ1v) is 6.27. The molecule has 10 nitrogen and oxygen atoms in total. The van der Waals surface area contributed by atoms with Crippen LogP contribution in [0.1, 0.15) is 18.7 Å². The number of aliphatic hydroxyl groups is 3. The third kappa shape index (κ3) is 3.03. The second-order valence-electron chi connectivity index (χ2n) is 4.55. The Morgan fingerprint density at radius 1 is 1.33 bits per heavy atom. The predicted molar refractivity (Wildman–Crippen MR) is 72.4 cm³/mol. The monoisotopic (exact) mass is 299 g/mol. The minimum absolute atomic E-state index is 0.0267. The van der Waals surface area contributed by atoms with Gasteiger partial charge in [0, 0.05) is 0 Å². The smallest absolute Gasteiger partial charge is 0.280 e. The summed E-state index contributed by atoms with van der Waals surface area (Å²) >= 11 is 0. The van der Waals surface area contributed by atoms with Gasteiger partial charge >= 0.3 is 0 Å². The summed E-state index contributed by atoms with van der Waals surface area (Å²) in [4.78, 5) is 17.9. The predicted octanol–water partition coefficient (Wildman–Crippen LogP) is -1.98. The Hall–Kier alpha value is -2.01. The molecule has 0 saturated heterocycles. The van der Waals surface area contributed by atoms with Crippen LogP contribution >= 0.6 is 0 Å². The van der Waals surface area contributed by atoms with E-state index in [-0.39, 0.29) is 22.7 Å². The number of aromatic nitrogens is 4.